The molecule has 2 heterocycles. The molecule has 0 atom stereocenters. The lowest BCUT2D eigenvalue weighted by Crippen LogP contribution is -2.48. The number of anilines is 1. The van der Waals surface area contributed by atoms with Gasteiger partial charge < -0.3 is 14.9 Å². The van der Waals surface area contributed by atoms with Crippen LogP contribution in [0.1, 0.15) is 5.56 Å². The van der Waals surface area contributed by atoms with E-state index in [-0.39, 0.29) is 16.1 Å². The van der Waals surface area contributed by atoms with Crippen molar-refractivity contribution in [2.24, 2.45) is 0 Å². The predicted molar refractivity (Wildman–Crippen MR) is 101 cm³/mol. The monoisotopic (exact) mass is 383 g/mol. The van der Waals surface area contributed by atoms with Gasteiger partial charge in [-0.15, -0.1) is 0 Å². The third-order valence-corrected chi connectivity index (χ3v) is 6.69. The highest BCUT2D eigenvalue weighted by molar-refractivity contribution is 7.89. The molecule has 1 saturated heterocycles. The Kier molecular flexibility index (Phi) is 4.22. The van der Waals surface area contributed by atoms with Crippen molar-refractivity contribution in [2.45, 2.75) is 4.90 Å². The van der Waals surface area contributed by atoms with Crippen molar-refractivity contribution in [1.82, 2.24) is 14.3 Å². The maximum absolute atomic E-state index is 12.9. The zero-order chi connectivity index (χ0) is 19.0. The number of nitrogens with one attached hydrogen (secondary N) is 2. The Labute approximate surface area is 155 Å². The number of aromatic nitrogens is 2. The van der Waals surface area contributed by atoms with E-state index in [0.29, 0.717) is 26.2 Å². The molecule has 8 nitrogen and oxygen atoms in total. The summed E-state index contributed by atoms with van der Waals surface area (Å²) in [5.74, 6) is 0. The number of H-pyrrole nitrogens is 2. The highest BCUT2D eigenvalue weighted by atomic mass is 32.2. The first-order valence-electron chi connectivity index (χ1n) is 8.45. The minimum atomic E-state index is -3.71. The molecule has 0 unspecified atom stereocenters. The number of nitrogens with zero attached hydrogens (tertiary/aromatic N) is 3. The van der Waals surface area contributed by atoms with Crippen molar-refractivity contribution in [2.75, 3.05) is 31.1 Å². The van der Waals surface area contributed by atoms with Crippen molar-refractivity contribution in [3.05, 3.63) is 58.5 Å². The number of hydrogen-bond donors (Lipinski definition) is 2. The van der Waals surface area contributed by atoms with Gasteiger partial charge in [0.15, 0.2) is 0 Å². The predicted octanol–water partition coefficient (Wildman–Crippen LogP) is 1.24. The van der Waals surface area contributed by atoms with Crippen LogP contribution in [0.2, 0.25) is 0 Å². The third-order valence-electron chi connectivity index (χ3n) is 4.73. The minimum absolute atomic E-state index is 0.0484. The van der Waals surface area contributed by atoms with E-state index in [2.05, 4.69) is 14.9 Å². The average molecular weight is 383 g/mol. The molecule has 0 amide bonds. The van der Waals surface area contributed by atoms with Crippen LogP contribution in [-0.2, 0) is 10.0 Å². The Bertz CT molecular complexity index is 1200. The summed E-state index contributed by atoms with van der Waals surface area (Å²) in [5, 5.41) is 9.19. The number of sulfonamides is 1. The second kappa shape index (κ2) is 6.57. The molecule has 2 aromatic carbocycles. The first kappa shape index (κ1) is 17.3. The van der Waals surface area contributed by atoms with Gasteiger partial charge in [-0.3, -0.25) is 0 Å². The number of fused-ring (bicyclic) bond motifs is 1. The van der Waals surface area contributed by atoms with Gasteiger partial charge in [0.25, 0.3) is 0 Å². The number of aromatic amines is 2. The second-order valence-corrected chi connectivity index (χ2v) is 8.21. The molecule has 0 radical (unpaired) electrons. The lowest BCUT2D eigenvalue weighted by atomic mass is 10.2. The molecule has 9 heteroatoms. The van der Waals surface area contributed by atoms with E-state index >= 15 is 0 Å². The maximum atomic E-state index is 12.9. The fourth-order valence-electron chi connectivity index (χ4n) is 3.33. The molecule has 138 valence electrons. The van der Waals surface area contributed by atoms with Crippen LogP contribution < -0.4 is 10.6 Å². The topological polar surface area (TPSA) is 113 Å². The first-order valence-corrected chi connectivity index (χ1v) is 9.89. The van der Waals surface area contributed by atoms with Gasteiger partial charge in [0.2, 0.25) is 10.0 Å². The van der Waals surface area contributed by atoms with Crippen molar-refractivity contribution < 1.29 is 8.42 Å². The summed E-state index contributed by atoms with van der Waals surface area (Å²) in [6, 6.07) is 13.8. The van der Waals surface area contributed by atoms with Gasteiger partial charge in [-0.25, -0.2) is 13.2 Å². The molecule has 1 aliphatic heterocycles. The SMILES string of the molecule is N#Cc1ccccc1S(=O)(=O)N1CCN(c2ccc3[nH]c(=O)[nH]c3c2)CC1. The molecule has 0 spiro atoms. The third kappa shape index (κ3) is 3.09. The Morgan fingerprint density at radius 2 is 1.67 bits per heavy atom. The van der Waals surface area contributed by atoms with Gasteiger partial charge in [-0.1, -0.05) is 12.1 Å². The summed E-state index contributed by atoms with van der Waals surface area (Å²) in [5.41, 5.74) is 2.27. The number of hydrogen-bond acceptors (Lipinski definition) is 5. The maximum Gasteiger partial charge on any atom is 0.323 e. The summed E-state index contributed by atoms with van der Waals surface area (Å²) in [4.78, 5) is 19.0. The molecule has 0 bridgehead atoms. The number of benzene rings is 2. The van der Waals surface area contributed by atoms with Gasteiger partial charge in [-0.05, 0) is 30.3 Å². The molecule has 1 aliphatic rings. The number of piperazine rings is 1. The van der Waals surface area contributed by atoms with Gasteiger partial charge >= 0.3 is 5.69 Å². The van der Waals surface area contributed by atoms with E-state index < -0.39 is 10.0 Å². The van der Waals surface area contributed by atoms with Gasteiger partial charge in [0.05, 0.1) is 21.5 Å². The van der Waals surface area contributed by atoms with E-state index in [1.54, 1.807) is 12.1 Å². The molecular formula is C18H17N5O3S. The van der Waals surface area contributed by atoms with Crippen LogP contribution in [0.15, 0.2) is 52.2 Å². The van der Waals surface area contributed by atoms with Crippen LogP contribution >= 0.6 is 0 Å². The summed E-state index contributed by atoms with van der Waals surface area (Å²) in [6.07, 6.45) is 0. The highest BCUT2D eigenvalue weighted by Crippen LogP contribution is 2.24. The Hall–Kier alpha value is -3.09. The normalized spacial score (nSPS) is 15.7. The molecule has 27 heavy (non-hydrogen) atoms. The summed E-state index contributed by atoms with van der Waals surface area (Å²) in [6.45, 7) is 1.69. The smallest absolute Gasteiger partial charge is 0.323 e. The molecule has 1 fully saturated rings. The van der Waals surface area contributed by atoms with Crippen LogP contribution in [0.4, 0.5) is 5.69 Å². The van der Waals surface area contributed by atoms with E-state index in [0.717, 1.165) is 16.7 Å². The van der Waals surface area contributed by atoms with E-state index in [1.165, 1.54) is 16.4 Å². The van der Waals surface area contributed by atoms with Crippen LogP contribution in [0.5, 0.6) is 0 Å². The highest BCUT2D eigenvalue weighted by Gasteiger charge is 2.30. The van der Waals surface area contributed by atoms with Gasteiger partial charge in [0.1, 0.15) is 6.07 Å². The van der Waals surface area contributed by atoms with Crippen LogP contribution in [0.3, 0.4) is 0 Å². The molecule has 1 aromatic heterocycles. The number of imidazole rings is 1. The standard InChI is InChI=1S/C18H17N5O3S/c19-12-13-3-1-2-4-17(13)27(25,26)23-9-7-22(8-10-23)14-5-6-15-16(11-14)21-18(24)20-15/h1-6,11H,7-10H2,(H2,20,21,24). The second-order valence-electron chi connectivity index (χ2n) is 6.31. The zero-order valence-corrected chi connectivity index (χ0v) is 15.2. The Morgan fingerprint density at radius 3 is 2.41 bits per heavy atom. The van der Waals surface area contributed by atoms with E-state index in [4.69, 9.17) is 0 Å². The number of rotatable bonds is 3. The van der Waals surface area contributed by atoms with Crippen LogP contribution in [0, 0.1) is 11.3 Å². The quantitative estimate of drug-likeness (QED) is 0.706. The Balaban J connectivity index is 1.54. The fourth-order valence-corrected chi connectivity index (χ4v) is 4.89. The van der Waals surface area contributed by atoms with Crippen LogP contribution in [0.25, 0.3) is 11.0 Å². The largest absolute Gasteiger partial charge is 0.369 e. The van der Waals surface area contributed by atoms with Crippen LogP contribution in [-0.4, -0.2) is 48.9 Å². The lowest BCUT2D eigenvalue weighted by Gasteiger charge is -2.35. The molecule has 0 aliphatic carbocycles. The van der Waals surface area contributed by atoms with Gasteiger partial charge in [0, 0.05) is 31.9 Å². The molecular weight excluding hydrogens is 366 g/mol. The van der Waals surface area contributed by atoms with Crippen molar-refractivity contribution in [3.8, 4) is 6.07 Å². The molecule has 3 aromatic rings. The summed E-state index contributed by atoms with van der Waals surface area (Å²) >= 11 is 0. The summed E-state index contributed by atoms with van der Waals surface area (Å²) in [7, 11) is -3.71. The van der Waals surface area contributed by atoms with E-state index in [9.17, 15) is 18.5 Å². The number of nitriles is 1. The summed E-state index contributed by atoms with van der Waals surface area (Å²) < 4.78 is 27.2. The Morgan fingerprint density at radius 1 is 0.963 bits per heavy atom. The first-order chi connectivity index (χ1) is 13.0. The zero-order valence-electron chi connectivity index (χ0n) is 14.3. The van der Waals surface area contributed by atoms with Gasteiger partial charge in [-0.2, -0.15) is 9.57 Å². The van der Waals surface area contributed by atoms with E-state index in [1.807, 2.05) is 24.3 Å². The lowest BCUT2D eigenvalue weighted by molar-refractivity contribution is 0.385. The van der Waals surface area contributed by atoms with Crippen molar-refractivity contribution in [3.63, 3.8) is 0 Å². The molecule has 2 N–H and O–H groups in total. The minimum Gasteiger partial charge on any atom is -0.369 e. The fraction of sp³-hybridized carbons (Fsp3) is 0.222. The molecule has 0 saturated carbocycles. The molecule has 4 rings (SSSR count). The van der Waals surface area contributed by atoms with Crippen molar-refractivity contribution >= 4 is 26.7 Å². The average Bonchev–Trinajstić information content (AvgIpc) is 3.07. The van der Waals surface area contributed by atoms with Crippen molar-refractivity contribution in [1.29, 1.82) is 5.26 Å².